The van der Waals surface area contributed by atoms with Crippen molar-refractivity contribution in [1.29, 1.82) is 0 Å². The Balaban J connectivity index is -0.000000423. The molecule has 3 radical (unpaired) electrons. The summed E-state index contributed by atoms with van der Waals surface area (Å²) in [5, 5.41) is 121. The van der Waals surface area contributed by atoms with Crippen molar-refractivity contribution in [2.45, 2.75) is 138 Å². The van der Waals surface area contributed by atoms with Crippen molar-refractivity contribution in [1.82, 2.24) is 21.3 Å². The van der Waals surface area contributed by atoms with E-state index in [0.29, 0.717) is 0 Å². The van der Waals surface area contributed by atoms with E-state index in [1.165, 1.54) is 20.8 Å². The maximum absolute atomic E-state index is 10.9. The number of hydrogen-bond acceptors (Lipinski definition) is 25. The van der Waals surface area contributed by atoms with Crippen molar-refractivity contribution < 1.29 is 217 Å². The second-order valence-electron chi connectivity index (χ2n) is 15.8. The van der Waals surface area contributed by atoms with E-state index in [0.717, 1.165) is 0 Å². The third-order valence-electron chi connectivity index (χ3n) is 9.27. The molecule has 0 saturated carbocycles. The van der Waals surface area contributed by atoms with Crippen LogP contribution in [0.5, 0.6) is 0 Å². The number of amides is 5. The van der Waals surface area contributed by atoms with Crippen LogP contribution in [-0.2, 0) is 155 Å². The van der Waals surface area contributed by atoms with Gasteiger partial charge in [0.25, 0.3) is 0 Å². The van der Waals surface area contributed by atoms with E-state index in [-0.39, 0.29) is 131 Å². The van der Waals surface area contributed by atoms with E-state index in [9.17, 15) is 74.7 Å². The molecule has 0 aromatic heterocycles. The summed E-state index contributed by atoms with van der Waals surface area (Å²) in [6.07, 6.45) is -15.7. The molecule has 18 N–H and O–H groups in total. The van der Waals surface area contributed by atoms with Gasteiger partial charge in [-0.25, -0.2) is 0 Å². The predicted molar refractivity (Wildman–Crippen MR) is 225 cm³/mol. The fraction of sp³-hybridized carbons (Fsp3) is 0.816. The van der Waals surface area contributed by atoms with Crippen LogP contribution in [0.2, 0.25) is 0 Å². The van der Waals surface area contributed by atoms with E-state index in [4.69, 9.17) is 55.2 Å². The van der Waals surface area contributed by atoms with Crippen molar-refractivity contribution >= 4 is 35.3 Å². The molecule has 15 atom stereocenters. The number of aliphatic hydroxyl groups excluding tert-OH is 12. The van der Waals surface area contributed by atoms with Gasteiger partial charge in [0.2, 0.25) is 17.7 Å². The molecule has 33 heteroatoms. The van der Waals surface area contributed by atoms with Crippen LogP contribution in [-0.4, -0.2) is 260 Å². The molecule has 0 aromatic rings. The molecular formula is C38H69N6O24Y3-3. The van der Waals surface area contributed by atoms with Gasteiger partial charge in [-0.15, -0.1) is 0 Å². The average Bonchev–Trinajstić information content (AvgIpc) is 3.23. The summed E-state index contributed by atoms with van der Waals surface area (Å²) in [4.78, 5) is 64.5. The number of Topliss-reactive ketones (excluding diaryl/α,β-unsaturated/α-hetero) is 1. The zero-order valence-electron chi connectivity index (χ0n) is 39.8. The van der Waals surface area contributed by atoms with Crippen LogP contribution >= 0.6 is 0 Å². The zero-order valence-corrected chi connectivity index (χ0v) is 48.3. The first-order valence-corrected chi connectivity index (χ1v) is 20.7. The second-order valence-corrected chi connectivity index (χ2v) is 15.8. The van der Waals surface area contributed by atoms with Crippen molar-refractivity contribution in [2.75, 3.05) is 59.5 Å². The molecule has 5 amide bonds. The number of ketones is 1. The van der Waals surface area contributed by atoms with Gasteiger partial charge in [-0.3, -0.25) is 14.4 Å². The maximum Gasteiger partial charge on any atom is 0.217 e. The van der Waals surface area contributed by atoms with Crippen LogP contribution in [0.15, 0.2) is 0 Å². The predicted octanol–water partition coefficient (Wildman–Crippen LogP) is -8.91. The number of ether oxygens (including phenoxy) is 6. The van der Waals surface area contributed by atoms with E-state index >= 15 is 0 Å². The maximum atomic E-state index is 10.9. The first-order chi connectivity index (χ1) is 31.6. The number of aliphatic hydroxyl groups is 12. The molecule has 3 aliphatic heterocycles. The third kappa shape index (κ3) is 29.5. The van der Waals surface area contributed by atoms with Crippen LogP contribution in [0.4, 0.5) is 0 Å². The first kappa shape index (κ1) is 76.9. The number of rotatable bonds is 20. The van der Waals surface area contributed by atoms with E-state index in [1.807, 2.05) is 13.8 Å². The molecule has 71 heavy (non-hydrogen) atoms. The summed E-state index contributed by atoms with van der Waals surface area (Å²) in [6, 6.07) is -3.31. The van der Waals surface area contributed by atoms with Gasteiger partial charge in [-0.2, -0.15) is 0 Å². The first-order valence-electron chi connectivity index (χ1n) is 20.7. The number of carbonyl (C=O) groups excluding carboxylic acids is 6. The molecule has 0 aliphatic carbocycles. The fourth-order valence-electron chi connectivity index (χ4n) is 6.36. The average molecular weight is 1260 g/mol. The molecule has 3 rings (SSSR count). The molecule has 0 spiro atoms. The quantitative estimate of drug-likeness (QED) is 0.0503. The topological polar surface area (TPSA) is 496 Å². The van der Waals surface area contributed by atoms with Crippen LogP contribution in [0.25, 0.3) is 11.5 Å². The Morgan fingerprint density at radius 1 is 0.521 bits per heavy atom. The zero-order chi connectivity index (χ0) is 52.6. The van der Waals surface area contributed by atoms with Crippen LogP contribution < -0.4 is 21.3 Å². The Morgan fingerprint density at radius 2 is 0.775 bits per heavy atom. The Labute approximate surface area is 484 Å². The number of nitrogens with one attached hydrogen (secondary N) is 6. The summed E-state index contributed by atoms with van der Waals surface area (Å²) in [6.45, 7) is 7.95. The Hall–Kier alpha value is -0.558. The minimum atomic E-state index is -1.45. The monoisotopic (exact) mass is 1260 g/mol. The van der Waals surface area contributed by atoms with Gasteiger partial charge in [0, 0.05) is 131 Å². The van der Waals surface area contributed by atoms with Gasteiger partial charge in [-0.1, -0.05) is 13.8 Å². The van der Waals surface area contributed by atoms with Gasteiger partial charge >= 0.3 is 0 Å². The number of hydrogen-bond donors (Lipinski definition) is 16. The van der Waals surface area contributed by atoms with Gasteiger partial charge in [0.05, 0.1) is 76.8 Å². The van der Waals surface area contributed by atoms with Gasteiger partial charge in [-0.05, 0) is 0 Å². The molecule has 407 valence electrons. The van der Waals surface area contributed by atoms with Gasteiger partial charge in [0.1, 0.15) is 73.1 Å². The van der Waals surface area contributed by atoms with Crippen molar-refractivity contribution in [3.63, 3.8) is 0 Å². The SMILES string of the molecule is CC(=O)NC1[C@H](O)OC(CO)[C@H](O)[C@@H]1O.CC(=O)NC1[C@H](O)OC(CO)[C@H](O)[C@@H]1O.CC(=O)NC1[C@H](O)OC(CO)[C@H](O)[C@@H]1O.[CH2-]C(=O)COCC(COCC([NH-])=O)(COCC([NH-])=O)NC(C)C.[Y].[Y].[Y]. The summed E-state index contributed by atoms with van der Waals surface area (Å²) >= 11 is 0. The van der Waals surface area contributed by atoms with Crippen molar-refractivity contribution in [3.05, 3.63) is 18.4 Å². The Bertz CT molecular complexity index is 1390. The fourth-order valence-corrected chi connectivity index (χ4v) is 6.36. The second kappa shape index (κ2) is 39.8. The van der Waals surface area contributed by atoms with Crippen LogP contribution in [0.1, 0.15) is 34.6 Å². The molecule has 0 aromatic carbocycles. The van der Waals surface area contributed by atoms with Crippen molar-refractivity contribution in [2.24, 2.45) is 0 Å². The van der Waals surface area contributed by atoms with Crippen LogP contribution in [0.3, 0.4) is 0 Å². The summed E-state index contributed by atoms with van der Waals surface area (Å²) in [7, 11) is 0. The van der Waals surface area contributed by atoms with E-state index in [2.05, 4.69) is 28.2 Å². The summed E-state index contributed by atoms with van der Waals surface area (Å²) < 4.78 is 30.1. The van der Waals surface area contributed by atoms with Crippen LogP contribution in [0, 0.1) is 6.92 Å². The summed E-state index contributed by atoms with van der Waals surface area (Å²) in [5.41, 5.74) is 12.8. The van der Waals surface area contributed by atoms with E-state index in [1.54, 1.807) is 0 Å². The molecule has 0 bridgehead atoms. The molecule has 30 nitrogen and oxygen atoms in total. The molecule has 6 unspecified atom stereocenters. The minimum Gasteiger partial charge on any atom is -0.666 e. The van der Waals surface area contributed by atoms with Gasteiger partial charge < -0.3 is 144 Å². The summed E-state index contributed by atoms with van der Waals surface area (Å²) in [5.74, 6) is -3.53. The Kier molecular flexibility index (Phi) is 43.1. The standard InChI is InChI=1S/C14H26N3O6.3C8H15NO6.3Y/c1-10(2)17-14(7-21-4-11(3)18,8-22-5-12(15)19)9-23-6-13(16)20;3*1-3(11)9-5-7(13)6(12)4(2-10)15-8(5)14;;;/h10,17H,3-9H2,1-2H3,(H4,15,16,19,20);3*4-8,10,12-14H,2H2,1H3,(H,9,11);;;/q-1;;;;;;/p-2/t;3*4?,5?,6-,7+,8+;;;/m.000.../s1. The molecule has 3 aliphatic rings. The van der Waals surface area contributed by atoms with E-state index < -0.39 is 166 Å². The van der Waals surface area contributed by atoms with Crippen molar-refractivity contribution in [3.8, 4) is 0 Å². The minimum absolute atomic E-state index is 0. The third-order valence-corrected chi connectivity index (χ3v) is 9.27. The molecule has 3 saturated heterocycles. The molecule has 3 heterocycles. The number of carbonyl (C=O) groups is 6. The normalized spacial score (nSPS) is 29.9. The smallest absolute Gasteiger partial charge is 0.217 e. The largest absolute Gasteiger partial charge is 0.666 e. The Morgan fingerprint density at radius 3 is 0.972 bits per heavy atom. The molecule has 3 fully saturated rings. The molecular weight excluding hydrogens is 1190 g/mol. The van der Waals surface area contributed by atoms with Gasteiger partial charge in [0.15, 0.2) is 18.9 Å².